The number of nitrogens with zero attached hydrogens (tertiary/aromatic N) is 2. The average molecular weight is 404 g/mol. The molecule has 0 radical (unpaired) electrons. The molecule has 0 atom stereocenters. The van der Waals surface area contributed by atoms with Gasteiger partial charge < -0.3 is 5.32 Å². The number of benzene rings is 1. The Morgan fingerprint density at radius 2 is 2.08 bits per heavy atom. The number of ketones is 1. The van der Waals surface area contributed by atoms with Gasteiger partial charge in [-0.05, 0) is 36.9 Å². The zero-order valence-corrected chi connectivity index (χ0v) is 15.3. The number of carbonyl (C=O) groups excluding carboxylic acids is 1. The van der Waals surface area contributed by atoms with Crippen LogP contribution in [0.25, 0.3) is 0 Å². The van der Waals surface area contributed by atoms with E-state index in [9.17, 15) is 14.9 Å². The Kier molecular flexibility index (Phi) is 4.78. The Hall–Kier alpha value is -2.04. The maximum atomic E-state index is 13.1. The lowest BCUT2D eigenvalue weighted by molar-refractivity contribution is 0.103. The average Bonchev–Trinajstić information content (AvgIpc) is 2.61. The summed E-state index contributed by atoms with van der Waals surface area (Å²) in [6.07, 6.45) is 2.55. The van der Waals surface area contributed by atoms with Gasteiger partial charge in [-0.2, -0.15) is 5.26 Å². The van der Waals surface area contributed by atoms with E-state index in [-0.39, 0.29) is 16.9 Å². The third-order valence-electron chi connectivity index (χ3n) is 3.92. The second kappa shape index (κ2) is 6.83. The largest absolute Gasteiger partial charge is 0.371 e. The molecule has 2 aromatic rings. The first-order valence-corrected chi connectivity index (χ1v) is 9.39. The van der Waals surface area contributed by atoms with Crippen molar-refractivity contribution in [3.63, 3.8) is 0 Å². The molecule has 2 heterocycles. The second-order valence-corrected chi connectivity index (χ2v) is 7.05. The maximum Gasteiger partial charge on any atom is 0.271 e. The van der Waals surface area contributed by atoms with Gasteiger partial charge >= 0.3 is 0 Å². The van der Waals surface area contributed by atoms with Gasteiger partial charge in [-0.25, -0.2) is 0 Å². The molecule has 0 saturated heterocycles. The minimum absolute atomic E-state index is 0.0374. The van der Waals surface area contributed by atoms with Crippen LogP contribution in [0.2, 0.25) is 0 Å². The number of nitrogens with one attached hydrogen (secondary N) is 1. The summed E-state index contributed by atoms with van der Waals surface area (Å²) in [5, 5.41) is 12.6. The summed E-state index contributed by atoms with van der Waals surface area (Å²) in [5.41, 5.74) is 0.624. The Balaban J connectivity index is 2.30. The van der Waals surface area contributed by atoms with Gasteiger partial charge in [0.2, 0.25) is 0 Å². The lowest BCUT2D eigenvalue weighted by Crippen LogP contribution is -2.33. The quantitative estimate of drug-likeness (QED) is 0.628. The Morgan fingerprint density at radius 1 is 1.38 bits per heavy atom. The topological polar surface area (TPSA) is 74.9 Å². The fourth-order valence-corrected chi connectivity index (χ4v) is 3.80. The summed E-state index contributed by atoms with van der Waals surface area (Å²) in [5.74, 6) is 0.323. The lowest BCUT2D eigenvalue weighted by Gasteiger charge is -2.24. The molecular weight excluding hydrogens is 390 g/mol. The van der Waals surface area contributed by atoms with Crippen molar-refractivity contribution in [3.05, 3.63) is 55.8 Å². The van der Waals surface area contributed by atoms with Crippen LogP contribution >= 0.6 is 27.7 Å². The van der Waals surface area contributed by atoms with Crippen LogP contribution in [0, 0.1) is 11.3 Å². The summed E-state index contributed by atoms with van der Waals surface area (Å²) >= 11 is 4.61. The zero-order chi connectivity index (χ0) is 17.3. The van der Waals surface area contributed by atoms with Gasteiger partial charge in [-0.3, -0.25) is 14.2 Å². The van der Waals surface area contributed by atoms with Crippen LogP contribution < -0.4 is 10.9 Å². The van der Waals surface area contributed by atoms with Crippen LogP contribution in [0.4, 0.5) is 5.82 Å². The molecule has 0 spiro atoms. The zero-order valence-electron chi connectivity index (χ0n) is 12.9. The summed E-state index contributed by atoms with van der Waals surface area (Å²) in [7, 11) is 0. The number of nitriles is 1. The van der Waals surface area contributed by atoms with Gasteiger partial charge in [0.25, 0.3) is 5.56 Å². The fourth-order valence-electron chi connectivity index (χ4n) is 2.80. The molecule has 24 heavy (non-hydrogen) atoms. The van der Waals surface area contributed by atoms with Crippen LogP contribution in [-0.4, -0.2) is 23.2 Å². The lowest BCUT2D eigenvalue weighted by atomic mass is 10.0. The van der Waals surface area contributed by atoms with Crippen molar-refractivity contribution in [2.24, 2.45) is 0 Å². The third kappa shape index (κ3) is 2.76. The first-order valence-electron chi connectivity index (χ1n) is 7.37. The molecule has 1 aliphatic rings. The third-order valence-corrected chi connectivity index (χ3v) is 5.27. The van der Waals surface area contributed by atoms with Gasteiger partial charge in [-0.15, -0.1) is 11.8 Å². The van der Waals surface area contributed by atoms with Gasteiger partial charge in [0, 0.05) is 28.0 Å². The van der Waals surface area contributed by atoms with Gasteiger partial charge in [0.15, 0.2) is 5.78 Å². The van der Waals surface area contributed by atoms with Crippen molar-refractivity contribution in [1.29, 1.82) is 5.26 Å². The van der Waals surface area contributed by atoms with Crippen LogP contribution in [0.15, 0.2) is 38.4 Å². The van der Waals surface area contributed by atoms with E-state index in [0.29, 0.717) is 34.9 Å². The molecule has 3 rings (SSSR count). The Morgan fingerprint density at radius 3 is 2.71 bits per heavy atom. The summed E-state index contributed by atoms with van der Waals surface area (Å²) < 4.78 is 2.39. The number of thioether (sulfide) groups is 1. The number of pyridine rings is 1. The fraction of sp³-hybridized carbons (Fsp3) is 0.235. The molecule has 1 aliphatic heterocycles. The molecule has 5 nitrogen and oxygen atoms in total. The highest BCUT2D eigenvalue weighted by Crippen LogP contribution is 2.32. The molecule has 122 valence electrons. The van der Waals surface area contributed by atoms with Crippen molar-refractivity contribution in [2.75, 3.05) is 18.1 Å². The van der Waals surface area contributed by atoms with E-state index >= 15 is 0 Å². The number of rotatable bonds is 3. The first-order chi connectivity index (χ1) is 11.6. The van der Waals surface area contributed by atoms with Crippen LogP contribution in [0.5, 0.6) is 0 Å². The van der Waals surface area contributed by atoms with Crippen molar-refractivity contribution >= 4 is 39.3 Å². The normalized spacial score (nSPS) is 12.9. The van der Waals surface area contributed by atoms with Gasteiger partial charge in [0.05, 0.1) is 5.56 Å². The number of hydrogen-bond donors (Lipinski definition) is 1. The van der Waals surface area contributed by atoms with Crippen molar-refractivity contribution in [1.82, 2.24) is 4.57 Å². The first kappa shape index (κ1) is 16.8. The Labute approximate surface area is 151 Å². The number of hydrogen-bond acceptors (Lipinski definition) is 5. The molecule has 7 heteroatoms. The molecule has 0 aliphatic carbocycles. The smallest absolute Gasteiger partial charge is 0.271 e. The minimum atomic E-state index is -0.337. The van der Waals surface area contributed by atoms with Crippen molar-refractivity contribution in [2.45, 2.75) is 17.9 Å². The molecule has 0 bridgehead atoms. The van der Waals surface area contributed by atoms with E-state index < -0.39 is 0 Å². The highest BCUT2D eigenvalue weighted by molar-refractivity contribution is 9.10. The van der Waals surface area contributed by atoms with Gasteiger partial charge in [0.1, 0.15) is 17.5 Å². The maximum absolute atomic E-state index is 13.1. The van der Waals surface area contributed by atoms with E-state index in [1.807, 2.05) is 6.07 Å². The molecule has 0 amide bonds. The number of halogens is 1. The molecule has 0 fully saturated rings. The van der Waals surface area contributed by atoms with E-state index in [2.05, 4.69) is 21.2 Å². The van der Waals surface area contributed by atoms with Crippen LogP contribution in [-0.2, 0) is 6.54 Å². The summed E-state index contributed by atoms with van der Waals surface area (Å²) in [6, 6.07) is 9.03. The summed E-state index contributed by atoms with van der Waals surface area (Å²) in [6.45, 7) is 1.20. The SMILES string of the molecule is CSc1c(C(=O)c2ccc(Br)cc2)c2n(c(=O)c1C#N)CCCN2. The molecule has 1 aromatic heterocycles. The van der Waals surface area contributed by atoms with Crippen molar-refractivity contribution in [3.8, 4) is 6.07 Å². The molecular formula is C17H14BrN3O2S. The van der Waals surface area contributed by atoms with E-state index in [0.717, 1.165) is 10.9 Å². The predicted molar refractivity (Wildman–Crippen MR) is 97.9 cm³/mol. The second-order valence-electron chi connectivity index (χ2n) is 5.32. The standard InChI is InChI=1S/C17H14BrN3O2S/c1-24-15-12(9-19)17(23)21-8-2-7-20-16(21)13(15)14(22)10-3-5-11(18)6-4-10/h3-6,20H,2,7-8H2,1H3. The summed E-state index contributed by atoms with van der Waals surface area (Å²) in [4.78, 5) is 26.1. The molecule has 1 N–H and O–H groups in total. The minimum Gasteiger partial charge on any atom is -0.371 e. The highest BCUT2D eigenvalue weighted by atomic mass is 79.9. The van der Waals surface area contributed by atoms with E-state index in [4.69, 9.17) is 0 Å². The van der Waals surface area contributed by atoms with Crippen LogP contribution in [0.1, 0.15) is 27.9 Å². The molecule has 0 saturated carbocycles. The monoisotopic (exact) mass is 403 g/mol. The number of fused-ring (bicyclic) bond motifs is 1. The highest BCUT2D eigenvalue weighted by Gasteiger charge is 2.27. The predicted octanol–water partition coefficient (Wildman–Crippen LogP) is 3.25. The number of aromatic nitrogens is 1. The molecule has 1 aromatic carbocycles. The van der Waals surface area contributed by atoms with Crippen molar-refractivity contribution < 1.29 is 4.79 Å². The van der Waals surface area contributed by atoms with Gasteiger partial charge in [-0.1, -0.05) is 15.9 Å². The van der Waals surface area contributed by atoms with Crippen LogP contribution in [0.3, 0.4) is 0 Å². The molecule has 0 unspecified atom stereocenters. The number of carbonyl (C=O) groups is 1. The number of anilines is 1. The Bertz CT molecular complexity index is 913. The van der Waals surface area contributed by atoms with E-state index in [1.54, 1.807) is 30.5 Å². The van der Waals surface area contributed by atoms with E-state index in [1.165, 1.54) is 16.3 Å².